The Morgan fingerprint density at radius 2 is 2.11 bits per heavy atom. The molecule has 2 heterocycles. The molecule has 1 aliphatic rings. The van der Waals surface area contributed by atoms with Crippen LogP contribution in [0.25, 0.3) is 0 Å². The van der Waals surface area contributed by atoms with Crippen LogP contribution in [0.3, 0.4) is 0 Å². The maximum Gasteiger partial charge on any atom is 0.393 e. The van der Waals surface area contributed by atoms with E-state index in [-0.39, 0.29) is 13.0 Å². The number of rotatable bonds is 1. The first-order chi connectivity index (χ1) is 8.36. The van der Waals surface area contributed by atoms with Crippen molar-refractivity contribution in [2.75, 3.05) is 18.0 Å². The Morgan fingerprint density at radius 1 is 1.39 bits per heavy atom. The first kappa shape index (κ1) is 13.6. The van der Waals surface area contributed by atoms with Gasteiger partial charge in [-0.1, -0.05) is 0 Å². The fourth-order valence-corrected chi connectivity index (χ4v) is 2.59. The first-order valence-corrected chi connectivity index (χ1v) is 6.48. The van der Waals surface area contributed by atoms with Gasteiger partial charge in [0.2, 0.25) is 0 Å². The number of halogens is 4. The number of piperidine rings is 1. The summed E-state index contributed by atoms with van der Waals surface area (Å²) in [6.07, 6.45) is -3.39. The van der Waals surface area contributed by atoms with Crippen LogP contribution in [0.2, 0.25) is 0 Å². The average molecular weight is 324 g/mol. The first-order valence-electron chi connectivity index (χ1n) is 5.69. The maximum atomic E-state index is 12.7. The highest BCUT2D eigenvalue weighted by molar-refractivity contribution is 9.10. The maximum absolute atomic E-state index is 12.7. The van der Waals surface area contributed by atoms with Gasteiger partial charge in [0, 0.05) is 19.2 Å². The predicted octanol–water partition coefficient (Wildman–Crippen LogP) is 3.33. The van der Waals surface area contributed by atoms with Crippen molar-refractivity contribution in [2.24, 2.45) is 5.92 Å². The molecule has 0 saturated carbocycles. The van der Waals surface area contributed by atoms with E-state index in [9.17, 15) is 13.2 Å². The third-order valence-electron chi connectivity index (χ3n) is 3.00. The molecule has 1 fully saturated rings. The Kier molecular flexibility index (Phi) is 3.79. The number of aromatic nitrogens is 2. The second-order valence-corrected chi connectivity index (χ2v) is 5.24. The molecule has 3 nitrogen and oxygen atoms in total. The largest absolute Gasteiger partial charge is 0.393 e. The third-order valence-corrected chi connectivity index (χ3v) is 3.41. The van der Waals surface area contributed by atoms with Crippen molar-refractivity contribution in [2.45, 2.75) is 25.9 Å². The molecular formula is C11H13BrF3N3. The van der Waals surface area contributed by atoms with E-state index < -0.39 is 12.1 Å². The lowest BCUT2D eigenvalue weighted by Gasteiger charge is -2.34. The van der Waals surface area contributed by atoms with Crippen molar-refractivity contribution >= 4 is 21.7 Å². The molecular weight excluding hydrogens is 311 g/mol. The number of hydrogen-bond acceptors (Lipinski definition) is 3. The van der Waals surface area contributed by atoms with Crippen LogP contribution >= 0.6 is 15.9 Å². The Balaban J connectivity index is 2.18. The number of alkyl halides is 3. The van der Waals surface area contributed by atoms with E-state index in [4.69, 9.17) is 0 Å². The summed E-state index contributed by atoms with van der Waals surface area (Å²) in [5.41, 5.74) is 0. The number of hydrogen-bond donors (Lipinski definition) is 0. The van der Waals surface area contributed by atoms with Gasteiger partial charge in [-0.25, -0.2) is 9.97 Å². The van der Waals surface area contributed by atoms with Crippen LogP contribution < -0.4 is 4.90 Å². The van der Waals surface area contributed by atoms with Gasteiger partial charge in [-0.15, -0.1) is 0 Å². The van der Waals surface area contributed by atoms with Crippen LogP contribution in [0.5, 0.6) is 0 Å². The molecule has 1 atom stereocenters. The highest BCUT2D eigenvalue weighted by Gasteiger charge is 2.42. The highest BCUT2D eigenvalue weighted by Crippen LogP contribution is 2.34. The summed E-state index contributed by atoms with van der Waals surface area (Å²) in [4.78, 5) is 9.93. The van der Waals surface area contributed by atoms with Gasteiger partial charge in [-0.3, -0.25) is 0 Å². The Morgan fingerprint density at radius 3 is 2.72 bits per heavy atom. The predicted molar refractivity (Wildman–Crippen MR) is 65.5 cm³/mol. The summed E-state index contributed by atoms with van der Waals surface area (Å²) in [5.74, 6) is -0.155. The molecule has 1 unspecified atom stereocenters. The van der Waals surface area contributed by atoms with E-state index in [1.54, 1.807) is 17.9 Å². The topological polar surface area (TPSA) is 29.0 Å². The fourth-order valence-electron chi connectivity index (χ4n) is 2.13. The molecule has 0 amide bonds. The van der Waals surface area contributed by atoms with Crippen molar-refractivity contribution in [1.82, 2.24) is 9.97 Å². The van der Waals surface area contributed by atoms with E-state index >= 15 is 0 Å². The molecule has 1 saturated heterocycles. The molecule has 0 bridgehead atoms. The van der Waals surface area contributed by atoms with Crippen LogP contribution in [0.15, 0.2) is 10.7 Å². The Labute approximate surface area is 112 Å². The Bertz CT molecular complexity index is 416. The quantitative estimate of drug-likeness (QED) is 0.742. The molecule has 18 heavy (non-hydrogen) atoms. The van der Waals surface area contributed by atoms with E-state index in [0.717, 1.165) is 0 Å². The zero-order valence-corrected chi connectivity index (χ0v) is 11.4. The standard InChI is InChI=1S/C11H13BrF3N3/c1-7-16-9(12)5-10(17-7)18-4-2-3-8(6-18)11(13,14)15/h5,8H,2-4,6H2,1H3. The van der Waals surface area contributed by atoms with E-state index in [1.165, 1.54) is 0 Å². The van der Waals surface area contributed by atoms with Gasteiger partial charge >= 0.3 is 6.18 Å². The number of aryl methyl sites for hydroxylation is 1. The van der Waals surface area contributed by atoms with Crippen LogP contribution in [-0.4, -0.2) is 29.2 Å². The molecule has 0 aliphatic carbocycles. The smallest absolute Gasteiger partial charge is 0.356 e. The zero-order chi connectivity index (χ0) is 13.3. The SMILES string of the molecule is Cc1nc(Br)cc(N2CCCC(C(F)(F)F)C2)n1. The van der Waals surface area contributed by atoms with Gasteiger partial charge in [0.05, 0.1) is 5.92 Å². The van der Waals surface area contributed by atoms with Crippen molar-refractivity contribution in [1.29, 1.82) is 0 Å². The lowest BCUT2D eigenvalue weighted by atomic mass is 9.97. The van der Waals surface area contributed by atoms with Crippen molar-refractivity contribution in [3.05, 3.63) is 16.5 Å². The normalized spacial score (nSPS) is 21.2. The fraction of sp³-hybridized carbons (Fsp3) is 0.636. The molecule has 0 N–H and O–H groups in total. The molecule has 1 aromatic heterocycles. The number of nitrogens with zero attached hydrogens (tertiary/aromatic N) is 3. The summed E-state index contributed by atoms with van der Waals surface area (Å²) >= 11 is 3.23. The minimum atomic E-state index is -4.13. The molecule has 7 heteroatoms. The summed E-state index contributed by atoms with van der Waals surface area (Å²) in [7, 11) is 0. The minimum Gasteiger partial charge on any atom is -0.356 e. The molecule has 0 spiro atoms. The summed E-state index contributed by atoms with van der Waals surface area (Å²) in [6, 6.07) is 1.66. The van der Waals surface area contributed by atoms with Gasteiger partial charge in [0.1, 0.15) is 16.2 Å². The van der Waals surface area contributed by atoms with Gasteiger partial charge < -0.3 is 4.90 Å². The minimum absolute atomic E-state index is 0.0214. The lowest BCUT2D eigenvalue weighted by Crippen LogP contribution is -2.42. The zero-order valence-electron chi connectivity index (χ0n) is 9.84. The molecule has 1 aliphatic heterocycles. The van der Waals surface area contributed by atoms with Crippen molar-refractivity contribution < 1.29 is 13.2 Å². The summed E-state index contributed by atoms with van der Waals surface area (Å²) in [5, 5.41) is 0. The monoisotopic (exact) mass is 323 g/mol. The summed E-state index contributed by atoms with van der Waals surface area (Å²) < 4.78 is 38.8. The van der Waals surface area contributed by atoms with Crippen molar-refractivity contribution in [3.8, 4) is 0 Å². The van der Waals surface area contributed by atoms with Gasteiger partial charge in [-0.05, 0) is 35.7 Å². The van der Waals surface area contributed by atoms with Crippen LogP contribution in [0.4, 0.5) is 19.0 Å². The van der Waals surface area contributed by atoms with Gasteiger partial charge in [0.25, 0.3) is 0 Å². The van der Waals surface area contributed by atoms with Crippen LogP contribution in [0, 0.1) is 12.8 Å². The molecule has 1 aromatic rings. The van der Waals surface area contributed by atoms with E-state index in [1.807, 2.05) is 0 Å². The molecule has 0 aromatic carbocycles. The van der Waals surface area contributed by atoms with Crippen molar-refractivity contribution in [3.63, 3.8) is 0 Å². The lowest BCUT2D eigenvalue weighted by molar-refractivity contribution is -0.176. The van der Waals surface area contributed by atoms with Gasteiger partial charge in [-0.2, -0.15) is 13.2 Å². The van der Waals surface area contributed by atoms with Gasteiger partial charge in [0.15, 0.2) is 0 Å². The van der Waals surface area contributed by atoms with E-state index in [2.05, 4.69) is 25.9 Å². The third kappa shape index (κ3) is 3.13. The van der Waals surface area contributed by atoms with Crippen LogP contribution in [-0.2, 0) is 0 Å². The Hall–Kier alpha value is -0.850. The second-order valence-electron chi connectivity index (χ2n) is 4.42. The second kappa shape index (κ2) is 5.03. The average Bonchev–Trinajstić information content (AvgIpc) is 2.27. The molecule has 100 valence electrons. The summed E-state index contributed by atoms with van der Waals surface area (Å²) in [6.45, 7) is 2.31. The molecule has 0 radical (unpaired) electrons. The van der Waals surface area contributed by atoms with Crippen LogP contribution in [0.1, 0.15) is 18.7 Å². The van der Waals surface area contributed by atoms with E-state index in [0.29, 0.717) is 29.2 Å². The molecule has 2 rings (SSSR count). The number of anilines is 1. The highest BCUT2D eigenvalue weighted by atomic mass is 79.9.